The monoisotopic (exact) mass is 335 g/mol. The number of halogens is 3. The number of nitrogens with one attached hydrogen (secondary N) is 1. The third-order valence-corrected chi connectivity index (χ3v) is 3.64. The molecular weight excluding hydrogens is 319 g/mol. The van der Waals surface area contributed by atoms with E-state index in [0.29, 0.717) is 13.1 Å². The highest BCUT2D eigenvalue weighted by atomic mass is 19.4. The maximum atomic E-state index is 13.5. The number of nitro groups is 1. The van der Waals surface area contributed by atoms with Crippen molar-refractivity contribution in [2.45, 2.75) is 12.2 Å². The standard InChI is InChI=1S/C13H16F3N3O4/c1-23-10-7-8(6-9(11(10)20)19(21)22)12(13(14,15)16)18-4-2-17-3-5-18/h6-7,12,17,20H,2-5H2,1H3/t12-/m0/s1. The van der Waals surface area contributed by atoms with Crippen molar-refractivity contribution in [1.29, 1.82) is 0 Å². The number of rotatable bonds is 4. The Morgan fingerprint density at radius 2 is 2.00 bits per heavy atom. The Morgan fingerprint density at radius 1 is 1.39 bits per heavy atom. The summed E-state index contributed by atoms with van der Waals surface area (Å²) in [6, 6.07) is -0.265. The highest BCUT2D eigenvalue weighted by Gasteiger charge is 2.46. The molecule has 23 heavy (non-hydrogen) atoms. The van der Waals surface area contributed by atoms with E-state index in [9.17, 15) is 28.4 Å². The summed E-state index contributed by atoms with van der Waals surface area (Å²) in [7, 11) is 1.12. The van der Waals surface area contributed by atoms with Crippen molar-refractivity contribution in [1.82, 2.24) is 10.2 Å². The lowest BCUT2D eigenvalue weighted by Gasteiger charge is -2.36. The molecule has 1 aromatic rings. The van der Waals surface area contributed by atoms with Crippen molar-refractivity contribution in [3.63, 3.8) is 0 Å². The Balaban J connectivity index is 2.53. The Hall–Kier alpha value is -2.07. The van der Waals surface area contributed by atoms with Gasteiger partial charge in [0.05, 0.1) is 12.0 Å². The van der Waals surface area contributed by atoms with Crippen LogP contribution in [0.2, 0.25) is 0 Å². The maximum absolute atomic E-state index is 13.5. The van der Waals surface area contributed by atoms with Crippen molar-refractivity contribution >= 4 is 5.69 Å². The Morgan fingerprint density at radius 3 is 2.48 bits per heavy atom. The lowest BCUT2D eigenvalue weighted by atomic mass is 10.0. The van der Waals surface area contributed by atoms with Crippen LogP contribution in [0.25, 0.3) is 0 Å². The van der Waals surface area contributed by atoms with Gasteiger partial charge in [0, 0.05) is 32.2 Å². The molecule has 0 aromatic heterocycles. The van der Waals surface area contributed by atoms with E-state index in [1.54, 1.807) is 0 Å². The van der Waals surface area contributed by atoms with Gasteiger partial charge in [0.2, 0.25) is 5.75 Å². The largest absolute Gasteiger partial charge is 0.500 e. The molecule has 2 rings (SSSR count). The predicted molar refractivity (Wildman–Crippen MR) is 74.6 cm³/mol. The van der Waals surface area contributed by atoms with E-state index in [2.05, 4.69) is 5.32 Å². The van der Waals surface area contributed by atoms with Gasteiger partial charge in [0.15, 0.2) is 5.75 Å². The number of methoxy groups -OCH3 is 1. The van der Waals surface area contributed by atoms with E-state index in [1.165, 1.54) is 4.90 Å². The van der Waals surface area contributed by atoms with Crippen LogP contribution in [0.5, 0.6) is 11.5 Å². The zero-order chi connectivity index (χ0) is 17.2. The van der Waals surface area contributed by atoms with Crippen molar-refractivity contribution in [2.24, 2.45) is 0 Å². The van der Waals surface area contributed by atoms with Crippen molar-refractivity contribution < 1.29 is 27.9 Å². The Kier molecular flexibility index (Phi) is 4.95. The molecule has 128 valence electrons. The van der Waals surface area contributed by atoms with Crippen LogP contribution >= 0.6 is 0 Å². The number of phenolic OH excluding ortho intramolecular Hbond substituents is 1. The summed E-state index contributed by atoms with van der Waals surface area (Å²) in [6.07, 6.45) is -4.62. The number of ether oxygens (including phenoxy) is 1. The van der Waals surface area contributed by atoms with Gasteiger partial charge in [0.1, 0.15) is 6.04 Å². The molecule has 1 atom stereocenters. The molecule has 0 aliphatic carbocycles. The summed E-state index contributed by atoms with van der Waals surface area (Å²) >= 11 is 0. The van der Waals surface area contributed by atoms with E-state index in [1.807, 2.05) is 0 Å². The van der Waals surface area contributed by atoms with E-state index < -0.39 is 28.6 Å². The van der Waals surface area contributed by atoms with E-state index in [4.69, 9.17) is 4.74 Å². The van der Waals surface area contributed by atoms with Crippen LogP contribution in [0.15, 0.2) is 12.1 Å². The Bertz CT molecular complexity index is 589. The molecule has 0 spiro atoms. The molecule has 1 aliphatic rings. The molecule has 7 nitrogen and oxygen atoms in total. The predicted octanol–water partition coefficient (Wildman–Crippen LogP) is 1.82. The molecule has 0 radical (unpaired) electrons. The van der Waals surface area contributed by atoms with Gasteiger partial charge in [-0.1, -0.05) is 0 Å². The molecule has 0 unspecified atom stereocenters. The molecule has 2 N–H and O–H groups in total. The first kappa shape index (κ1) is 17.3. The number of nitro benzene ring substituents is 1. The van der Waals surface area contributed by atoms with E-state index >= 15 is 0 Å². The molecule has 0 saturated carbocycles. The number of aromatic hydroxyl groups is 1. The Labute approximate surface area is 129 Å². The summed E-state index contributed by atoms with van der Waals surface area (Å²) in [4.78, 5) is 11.2. The fraction of sp³-hybridized carbons (Fsp3) is 0.538. The summed E-state index contributed by atoms with van der Waals surface area (Å²) in [5, 5.41) is 23.6. The van der Waals surface area contributed by atoms with Gasteiger partial charge in [-0.3, -0.25) is 15.0 Å². The number of piperazine rings is 1. The molecule has 0 amide bonds. The topological polar surface area (TPSA) is 87.9 Å². The second-order valence-corrected chi connectivity index (χ2v) is 5.08. The minimum Gasteiger partial charge on any atom is -0.500 e. The summed E-state index contributed by atoms with van der Waals surface area (Å²) in [5.41, 5.74) is -1.15. The SMILES string of the molecule is COc1cc([C@H](N2CCNCC2)C(F)(F)F)cc([N+](=O)[O-])c1O. The van der Waals surface area contributed by atoms with E-state index in [0.717, 1.165) is 19.2 Å². The average molecular weight is 335 g/mol. The lowest BCUT2D eigenvalue weighted by molar-refractivity contribution is -0.386. The highest BCUT2D eigenvalue weighted by molar-refractivity contribution is 5.57. The van der Waals surface area contributed by atoms with Gasteiger partial charge < -0.3 is 15.2 Å². The molecule has 1 saturated heterocycles. The zero-order valence-corrected chi connectivity index (χ0v) is 12.3. The molecule has 1 heterocycles. The number of alkyl halides is 3. The van der Waals surface area contributed by atoms with Crippen molar-refractivity contribution in [3.8, 4) is 11.5 Å². The second-order valence-electron chi connectivity index (χ2n) is 5.08. The first-order chi connectivity index (χ1) is 10.8. The summed E-state index contributed by atoms with van der Waals surface area (Å²) in [5.74, 6) is -1.15. The van der Waals surface area contributed by atoms with Crippen molar-refractivity contribution in [2.75, 3.05) is 33.3 Å². The van der Waals surface area contributed by atoms with Crippen LogP contribution in [0.1, 0.15) is 11.6 Å². The van der Waals surface area contributed by atoms with Crippen LogP contribution in [0.4, 0.5) is 18.9 Å². The number of phenols is 1. The number of benzene rings is 1. The fourth-order valence-corrected chi connectivity index (χ4v) is 2.61. The van der Waals surface area contributed by atoms with Gasteiger partial charge in [-0.2, -0.15) is 13.2 Å². The van der Waals surface area contributed by atoms with Crippen LogP contribution < -0.4 is 10.1 Å². The maximum Gasteiger partial charge on any atom is 0.408 e. The summed E-state index contributed by atoms with van der Waals surface area (Å²) in [6.45, 7) is 1.09. The van der Waals surface area contributed by atoms with Gasteiger partial charge in [-0.25, -0.2) is 0 Å². The number of hydrogen-bond donors (Lipinski definition) is 2. The second kappa shape index (κ2) is 6.59. The average Bonchev–Trinajstić information content (AvgIpc) is 2.48. The third-order valence-electron chi connectivity index (χ3n) is 3.64. The molecule has 1 aromatic carbocycles. The molecule has 0 bridgehead atoms. The van der Waals surface area contributed by atoms with Gasteiger partial charge >= 0.3 is 11.9 Å². The normalized spacial score (nSPS) is 17.7. The number of hydrogen-bond acceptors (Lipinski definition) is 6. The smallest absolute Gasteiger partial charge is 0.408 e. The first-order valence-electron chi connectivity index (χ1n) is 6.82. The van der Waals surface area contributed by atoms with Crippen LogP contribution in [0.3, 0.4) is 0 Å². The number of nitrogens with zero attached hydrogens (tertiary/aromatic N) is 2. The molecular formula is C13H16F3N3O4. The van der Waals surface area contributed by atoms with E-state index in [-0.39, 0.29) is 24.4 Å². The zero-order valence-electron chi connectivity index (χ0n) is 12.3. The lowest BCUT2D eigenvalue weighted by Crippen LogP contribution is -2.49. The van der Waals surface area contributed by atoms with Crippen LogP contribution in [-0.2, 0) is 0 Å². The minimum absolute atomic E-state index is 0.154. The molecule has 1 aliphatic heterocycles. The quantitative estimate of drug-likeness (QED) is 0.645. The van der Waals surface area contributed by atoms with Crippen molar-refractivity contribution in [3.05, 3.63) is 27.8 Å². The van der Waals surface area contributed by atoms with Gasteiger partial charge in [0.25, 0.3) is 0 Å². The fourth-order valence-electron chi connectivity index (χ4n) is 2.61. The molecule has 10 heteroatoms. The van der Waals surface area contributed by atoms with Gasteiger partial charge in [-0.15, -0.1) is 0 Å². The molecule has 1 fully saturated rings. The van der Waals surface area contributed by atoms with Crippen LogP contribution in [0, 0.1) is 10.1 Å². The minimum atomic E-state index is -4.62. The van der Waals surface area contributed by atoms with Gasteiger partial charge in [-0.05, 0) is 11.6 Å². The third kappa shape index (κ3) is 3.64. The summed E-state index contributed by atoms with van der Waals surface area (Å²) < 4.78 is 45.3. The highest BCUT2D eigenvalue weighted by Crippen LogP contribution is 2.44. The first-order valence-corrected chi connectivity index (χ1v) is 6.82. The van der Waals surface area contributed by atoms with Crippen LogP contribution in [-0.4, -0.2) is 54.4 Å².